The van der Waals surface area contributed by atoms with Crippen molar-refractivity contribution in [3.05, 3.63) is 84.7 Å². The van der Waals surface area contributed by atoms with Gasteiger partial charge in [-0.05, 0) is 54.8 Å². The van der Waals surface area contributed by atoms with Crippen LogP contribution in [-0.4, -0.2) is 32.7 Å². The molecule has 32 heavy (non-hydrogen) atoms. The number of thioether (sulfide) groups is 2. The Morgan fingerprint density at radius 1 is 0.969 bits per heavy atom. The van der Waals surface area contributed by atoms with E-state index in [9.17, 15) is 9.18 Å². The first kappa shape index (κ1) is 22.1. The van der Waals surface area contributed by atoms with Gasteiger partial charge in [0.1, 0.15) is 5.82 Å². The fraction of sp³-hybridized carbons (Fsp3) is 0.125. The van der Waals surface area contributed by atoms with Crippen LogP contribution in [0.25, 0.3) is 17.1 Å². The molecule has 1 amide bonds. The van der Waals surface area contributed by atoms with Crippen LogP contribution < -0.4 is 5.32 Å². The second kappa shape index (κ2) is 10.5. The van der Waals surface area contributed by atoms with Gasteiger partial charge in [-0.25, -0.2) is 4.39 Å². The van der Waals surface area contributed by atoms with E-state index in [0.717, 1.165) is 21.8 Å². The lowest BCUT2D eigenvalue weighted by atomic mass is 10.2. The number of hydrogen-bond donors (Lipinski definition) is 1. The van der Waals surface area contributed by atoms with Gasteiger partial charge in [-0.1, -0.05) is 42.1 Å². The standard InChI is InChI=1S/C24H21FN4OS2/c1-31-21-10-6-5-9-20(21)26-22(30)15-16-32-24-28-27-23(17-11-13-18(25)14-12-17)29(24)19-7-3-2-4-8-19/h2-14H,15-16H2,1H3,(H,26,30). The molecule has 0 spiro atoms. The SMILES string of the molecule is CSc1ccccc1NC(=O)CCSc1nnc(-c2ccc(F)cc2)n1-c1ccccc1. The van der Waals surface area contributed by atoms with E-state index < -0.39 is 0 Å². The predicted octanol–water partition coefficient (Wildman–Crippen LogP) is 5.92. The first-order valence-electron chi connectivity index (χ1n) is 9.98. The molecule has 0 bridgehead atoms. The molecule has 0 radical (unpaired) electrons. The zero-order valence-corrected chi connectivity index (χ0v) is 19.0. The van der Waals surface area contributed by atoms with E-state index in [1.165, 1.54) is 23.9 Å². The first-order valence-corrected chi connectivity index (χ1v) is 12.2. The largest absolute Gasteiger partial charge is 0.325 e. The normalized spacial score (nSPS) is 10.8. The minimum Gasteiger partial charge on any atom is -0.325 e. The summed E-state index contributed by atoms with van der Waals surface area (Å²) >= 11 is 3.05. The molecule has 0 saturated carbocycles. The van der Waals surface area contributed by atoms with Crippen LogP contribution in [0.4, 0.5) is 10.1 Å². The van der Waals surface area contributed by atoms with E-state index in [1.54, 1.807) is 23.9 Å². The number of nitrogens with one attached hydrogen (secondary N) is 1. The second-order valence-electron chi connectivity index (χ2n) is 6.83. The zero-order chi connectivity index (χ0) is 22.3. The molecule has 0 atom stereocenters. The number of rotatable bonds is 8. The Kier molecular flexibility index (Phi) is 7.24. The Hall–Kier alpha value is -3.10. The fourth-order valence-corrected chi connectivity index (χ4v) is 4.60. The van der Waals surface area contributed by atoms with Crippen LogP contribution in [-0.2, 0) is 4.79 Å². The average molecular weight is 465 g/mol. The zero-order valence-electron chi connectivity index (χ0n) is 17.4. The molecule has 5 nitrogen and oxygen atoms in total. The molecule has 0 aliphatic heterocycles. The van der Waals surface area contributed by atoms with Gasteiger partial charge in [-0.3, -0.25) is 9.36 Å². The van der Waals surface area contributed by atoms with Crippen molar-refractivity contribution in [3.63, 3.8) is 0 Å². The van der Waals surface area contributed by atoms with E-state index in [4.69, 9.17) is 0 Å². The van der Waals surface area contributed by atoms with E-state index in [2.05, 4.69) is 15.5 Å². The summed E-state index contributed by atoms with van der Waals surface area (Å²) < 4.78 is 15.3. The maximum Gasteiger partial charge on any atom is 0.225 e. The lowest BCUT2D eigenvalue weighted by Gasteiger charge is -2.11. The lowest BCUT2D eigenvalue weighted by molar-refractivity contribution is -0.115. The maximum absolute atomic E-state index is 13.4. The topological polar surface area (TPSA) is 59.8 Å². The van der Waals surface area contributed by atoms with Gasteiger partial charge in [-0.15, -0.1) is 22.0 Å². The predicted molar refractivity (Wildman–Crippen MR) is 129 cm³/mol. The van der Waals surface area contributed by atoms with Crippen LogP contribution in [0.5, 0.6) is 0 Å². The summed E-state index contributed by atoms with van der Waals surface area (Å²) in [4.78, 5) is 13.5. The van der Waals surface area contributed by atoms with Crippen molar-refractivity contribution in [3.8, 4) is 17.1 Å². The molecule has 8 heteroatoms. The van der Waals surface area contributed by atoms with Crippen LogP contribution in [0.2, 0.25) is 0 Å². The molecule has 0 aliphatic rings. The minimum absolute atomic E-state index is 0.0523. The van der Waals surface area contributed by atoms with Gasteiger partial charge in [0.25, 0.3) is 0 Å². The molecule has 162 valence electrons. The Morgan fingerprint density at radius 3 is 2.44 bits per heavy atom. The minimum atomic E-state index is -0.303. The number of carbonyl (C=O) groups excluding carboxylic acids is 1. The summed E-state index contributed by atoms with van der Waals surface area (Å²) in [5, 5.41) is 12.3. The quantitative estimate of drug-likeness (QED) is 0.328. The second-order valence-corrected chi connectivity index (χ2v) is 8.74. The highest BCUT2D eigenvalue weighted by Crippen LogP contribution is 2.29. The molecule has 3 aromatic carbocycles. The highest BCUT2D eigenvalue weighted by atomic mass is 32.2. The molecule has 1 N–H and O–H groups in total. The molecular formula is C24H21FN4OS2. The van der Waals surface area contributed by atoms with Crippen LogP contribution in [0.3, 0.4) is 0 Å². The number of hydrogen-bond acceptors (Lipinski definition) is 5. The van der Waals surface area contributed by atoms with Crippen LogP contribution in [0.1, 0.15) is 6.42 Å². The molecule has 0 saturated heterocycles. The van der Waals surface area contributed by atoms with E-state index >= 15 is 0 Å². The number of benzene rings is 3. The first-order chi connectivity index (χ1) is 15.7. The van der Waals surface area contributed by atoms with Gasteiger partial charge in [0, 0.05) is 28.3 Å². The summed E-state index contributed by atoms with van der Waals surface area (Å²) in [5.74, 6) is 0.811. The van der Waals surface area contributed by atoms with Crippen LogP contribution in [0, 0.1) is 5.82 Å². The van der Waals surface area contributed by atoms with Crippen molar-refractivity contribution in [2.75, 3.05) is 17.3 Å². The Morgan fingerprint density at radius 2 is 1.69 bits per heavy atom. The molecule has 0 aliphatic carbocycles. The van der Waals surface area contributed by atoms with Gasteiger partial charge in [0.05, 0.1) is 5.69 Å². The number of amides is 1. The molecule has 1 heterocycles. The summed E-state index contributed by atoms with van der Waals surface area (Å²) in [5.41, 5.74) is 2.49. The summed E-state index contributed by atoms with van der Waals surface area (Å²) in [6.45, 7) is 0. The highest BCUT2D eigenvalue weighted by molar-refractivity contribution is 7.99. The Balaban J connectivity index is 1.50. The average Bonchev–Trinajstić information content (AvgIpc) is 3.24. The third kappa shape index (κ3) is 5.20. The molecule has 0 fully saturated rings. The summed E-state index contributed by atoms with van der Waals surface area (Å²) in [6.07, 6.45) is 2.32. The van der Waals surface area contributed by atoms with Gasteiger partial charge >= 0.3 is 0 Å². The van der Waals surface area contributed by atoms with Crippen molar-refractivity contribution < 1.29 is 9.18 Å². The molecule has 4 rings (SSSR count). The number of para-hydroxylation sites is 2. The molecular weight excluding hydrogens is 443 g/mol. The smallest absolute Gasteiger partial charge is 0.225 e. The number of anilines is 1. The van der Waals surface area contributed by atoms with Crippen molar-refractivity contribution in [1.82, 2.24) is 14.8 Å². The van der Waals surface area contributed by atoms with Crippen molar-refractivity contribution >= 4 is 35.1 Å². The Labute approximate surface area is 194 Å². The number of carbonyl (C=O) groups is 1. The lowest BCUT2D eigenvalue weighted by Crippen LogP contribution is -2.13. The summed E-state index contributed by atoms with van der Waals surface area (Å²) in [6, 6.07) is 23.7. The number of halogens is 1. The van der Waals surface area contributed by atoms with Crippen molar-refractivity contribution in [2.45, 2.75) is 16.5 Å². The van der Waals surface area contributed by atoms with Gasteiger partial charge < -0.3 is 5.32 Å². The molecule has 4 aromatic rings. The molecule has 0 unspecified atom stereocenters. The third-order valence-electron chi connectivity index (χ3n) is 4.69. The van der Waals surface area contributed by atoms with Crippen molar-refractivity contribution in [1.29, 1.82) is 0 Å². The number of nitrogens with zero attached hydrogens (tertiary/aromatic N) is 3. The van der Waals surface area contributed by atoms with Crippen molar-refractivity contribution in [2.24, 2.45) is 0 Å². The van der Waals surface area contributed by atoms with Gasteiger partial charge in [0.15, 0.2) is 11.0 Å². The highest BCUT2D eigenvalue weighted by Gasteiger charge is 2.17. The summed E-state index contributed by atoms with van der Waals surface area (Å²) in [7, 11) is 0. The van der Waals surface area contributed by atoms with E-state index in [1.807, 2.05) is 65.4 Å². The van der Waals surface area contributed by atoms with Crippen LogP contribution in [0.15, 0.2) is 88.9 Å². The van der Waals surface area contributed by atoms with Crippen LogP contribution >= 0.6 is 23.5 Å². The monoisotopic (exact) mass is 464 g/mol. The van der Waals surface area contributed by atoms with E-state index in [0.29, 0.717) is 23.2 Å². The fourth-order valence-electron chi connectivity index (χ4n) is 3.15. The Bertz CT molecular complexity index is 1200. The molecule has 1 aromatic heterocycles. The number of aromatic nitrogens is 3. The maximum atomic E-state index is 13.4. The van der Waals surface area contributed by atoms with Gasteiger partial charge in [0.2, 0.25) is 5.91 Å². The third-order valence-corrected chi connectivity index (χ3v) is 6.42. The van der Waals surface area contributed by atoms with Gasteiger partial charge in [-0.2, -0.15) is 0 Å². The van der Waals surface area contributed by atoms with E-state index in [-0.39, 0.29) is 11.7 Å².